The normalized spacial score (nSPS) is 53.4. The second kappa shape index (κ2) is 2.23. The maximum absolute atomic E-state index is 9.57. The third-order valence-electron chi connectivity index (χ3n) is 3.41. The average molecular weight is 140 g/mol. The van der Waals surface area contributed by atoms with Crippen LogP contribution in [0.1, 0.15) is 32.6 Å². The highest BCUT2D eigenvalue weighted by Gasteiger charge is 2.38. The van der Waals surface area contributed by atoms with E-state index >= 15 is 0 Å². The number of aliphatic hydroxyl groups excluding tert-OH is 1. The summed E-state index contributed by atoms with van der Waals surface area (Å²) in [5, 5.41) is 9.57. The van der Waals surface area contributed by atoms with Crippen LogP contribution in [0.2, 0.25) is 0 Å². The first-order valence-electron chi connectivity index (χ1n) is 4.45. The third-order valence-corrected chi connectivity index (χ3v) is 3.41. The molecule has 0 aromatic rings. The van der Waals surface area contributed by atoms with Gasteiger partial charge in [0.05, 0.1) is 6.10 Å². The molecule has 0 saturated heterocycles. The van der Waals surface area contributed by atoms with E-state index in [1.54, 1.807) is 0 Å². The van der Waals surface area contributed by atoms with Crippen molar-refractivity contribution in [1.29, 1.82) is 0 Å². The molecule has 0 aromatic heterocycles. The van der Waals surface area contributed by atoms with Gasteiger partial charge in [0.25, 0.3) is 0 Å². The van der Waals surface area contributed by atoms with E-state index < -0.39 is 0 Å². The molecule has 0 aromatic carbocycles. The Morgan fingerprint density at radius 3 is 2.40 bits per heavy atom. The Morgan fingerprint density at radius 1 is 1.20 bits per heavy atom. The van der Waals surface area contributed by atoms with Crippen molar-refractivity contribution < 1.29 is 5.11 Å². The Labute approximate surface area is 62.4 Å². The lowest BCUT2D eigenvalue weighted by Crippen LogP contribution is -2.40. The predicted molar refractivity (Wildman–Crippen MR) is 40.6 cm³/mol. The molecule has 10 heavy (non-hydrogen) atoms. The van der Waals surface area contributed by atoms with Crippen molar-refractivity contribution in [2.45, 2.75) is 38.7 Å². The molecule has 0 amide bonds. The van der Waals surface area contributed by atoms with Gasteiger partial charge in [0.2, 0.25) is 0 Å². The van der Waals surface area contributed by atoms with Crippen LogP contribution in [0.15, 0.2) is 0 Å². The van der Waals surface area contributed by atoms with E-state index in [0.29, 0.717) is 5.92 Å². The van der Waals surface area contributed by atoms with Gasteiger partial charge in [-0.1, -0.05) is 6.92 Å². The molecule has 3 saturated carbocycles. The molecular formula is C9H16O. The average Bonchev–Trinajstić information content (AvgIpc) is 1.86. The molecule has 0 aliphatic heterocycles. The summed E-state index contributed by atoms with van der Waals surface area (Å²) in [5.41, 5.74) is 0. The molecule has 3 rings (SSSR count). The fourth-order valence-electron chi connectivity index (χ4n) is 2.83. The maximum Gasteiger partial charge on any atom is 0.0573 e. The van der Waals surface area contributed by atoms with E-state index in [0.717, 1.165) is 18.3 Å². The Kier molecular flexibility index (Phi) is 1.48. The Bertz CT molecular complexity index is 121. The van der Waals surface area contributed by atoms with Gasteiger partial charge in [0.15, 0.2) is 0 Å². The Hall–Kier alpha value is -0.0400. The highest BCUT2D eigenvalue weighted by Crippen LogP contribution is 2.44. The number of hydrogen-bond donors (Lipinski definition) is 1. The second-order valence-electron chi connectivity index (χ2n) is 4.12. The SMILES string of the molecule is CC1CC2CCC1C(O)C2. The quantitative estimate of drug-likeness (QED) is 0.544. The zero-order valence-corrected chi connectivity index (χ0v) is 6.59. The van der Waals surface area contributed by atoms with Crippen molar-refractivity contribution in [2.75, 3.05) is 0 Å². The first kappa shape index (κ1) is 6.66. The topological polar surface area (TPSA) is 20.2 Å². The fourth-order valence-corrected chi connectivity index (χ4v) is 2.83. The van der Waals surface area contributed by atoms with Gasteiger partial charge in [-0.15, -0.1) is 0 Å². The molecule has 1 N–H and O–H groups in total. The number of aliphatic hydroxyl groups is 1. The number of fused-ring (bicyclic) bond motifs is 3. The molecule has 1 heteroatoms. The Balaban J connectivity index is 2.11. The molecule has 3 aliphatic rings. The second-order valence-corrected chi connectivity index (χ2v) is 4.12. The van der Waals surface area contributed by atoms with Crippen molar-refractivity contribution in [3.05, 3.63) is 0 Å². The summed E-state index contributed by atoms with van der Waals surface area (Å²) >= 11 is 0. The summed E-state index contributed by atoms with van der Waals surface area (Å²) in [5.74, 6) is 2.29. The summed E-state index contributed by atoms with van der Waals surface area (Å²) < 4.78 is 0. The Morgan fingerprint density at radius 2 is 2.00 bits per heavy atom. The standard InChI is InChI=1S/C9H16O/c1-6-4-7-2-3-8(6)9(10)5-7/h6-10H,2-5H2,1H3. The third kappa shape index (κ3) is 0.878. The molecule has 4 unspecified atom stereocenters. The van der Waals surface area contributed by atoms with Gasteiger partial charge in [-0.25, -0.2) is 0 Å². The largest absolute Gasteiger partial charge is 0.393 e. The van der Waals surface area contributed by atoms with Crippen LogP contribution in [0.25, 0.3) is 0 Å². The molecule has 3 fully saturated rings. The monoisotopic (exact) mass is 140 g/mol. The van der Waals surface area contributed by atoms with Crippen LogP contribution in [0.5, 0.6) is 0 Å². The predicted octanol–water partition coefficient (Wildman–Crippen LogP) is 1.80. The van der Waals surface area contributed by atoms with Gasteiger partial charge < -0.3 is 5.11 Å². The molecular weight excluding hydrogens is 124 g/mol. The van der Waals surface area contributed by atoms with E-state index in [2.05, 4.69) is 6.92 Å². The molecule has 58 valence electrons. The molecule has 0 heterocycles. The molecule has 3 aliphatic carbocycles. The van der Waals surface area contributed by atoms with E-state index in [9.17, 15) is 5.11 Å². The lowest BCUT2D eigenvalue weighted by Gasteiger charge is -2.44. The van der Waals surface area contributed by atoms with Crippen LogP contribution in [-0.4, -0.2) is 11.2 Å². The maximum atomic E-state index is 9.57. The van der Waals surface area contributed by atoms with Crippen molar-refractivity contribution >= 4 is 0 Å². The summed E-state index contributed by atoms with van der Waals surface area (Å²) in [6.07, 6.45) is 5.18. The summed E-state index contributed by atoms with van der Waals surface area (Å²) in [6, 6.07) is 0. The van der Waals surface area contributed by atoms with Crippen LogP contribution < -0.4 is 0 Å². The lowest BCUT2D eigenvalue weighted by atomic mass is 9.64. The van der Waals surface area contributed by atoms with E-state index in [1.807, 2.05) is 0 Å². The van der Waals surface area contributed by atoms with Crippen LogP contribution in [0, 0.1) is 17.8 Å². The smallest absolute Gasteiger partial charge is 0.0573 e. The zero-order chi connectivity index (χ0) is 7.14. The van der Waals surface area contributed by atoms with Crippen LogP contribution in [-0.2, 0) is 0 Å². The van der Waals surface area contributed by atoms with Gasteiger partial charge in [-0.2, -0.15) is 0 Å². The van der Waals surface area contributed by atoms with Crippen LogP contribution in [0.4, 0.5) is 0 Å². The van der Waals surface area contributed by atoms with E-state index in [4.69, 9.17) is 0 Å². The minimum atomic E-state index is 0.0440. The molecule has 4 atom stereocenters. The molecule has 0 radical (unpaired) electrons. The van der Waals surface area contributed by atoms with Crippen LogP contribution >= 0.6 is 0 Å². The highest BCUT2D eigenvalue weighted by atomic mass is 16.3. The first-order chi connectivity index (χ1) is 4.77. The van der Waals surface area contributed by atoms with E-state index in [-0.39, 0.29) is 6.10 Å². The van der Waals surface area contributed by atoms with Gasteiger partial charge in [0, 0.05) is 0 Å². The summed E-state index contributed by atoms with van der Waals surface area (Å²) in [7, 11) is 0. The summed E-state index contributed by atoms with van der Waals surface area (Å²) in [4.78, 5) is 0. The minimum absolute atomic E-state index is 0.0440. The van der Waals surface area contributed by atoms with Crippen LogP contribution in [0.3, 0.4) is 0 Å². The van der Waals surface area contributed by atoms with Crippen molar-refractivity contribution in [1.82, 2.24) is 0 Å². The molecule has 0 spiro atoms. The molecule has 1 nitrogen and oxygen atoms in total. The van der Waals surface area contributed by atoms with Gasteiger partial charge in [-0.05, 0) is 43.4 Å². The summed E-state index contributed by atoms with van der Waals surface area (Å²) in [6.45, 7) is 2.29. The number of rotatable bonds is 0. The highest BCUT2D eigenvalue weighted by molar-refractivity contribution is 4.89. The van der Waals surface area contributed by atoms with Crippen molar-refractivity contribution in [3.8, 4) is 0 Å². The van der Waals surface area contributed by atoms with Crippen molar-refractivity contribution in [3.63, 3.8) is 0 Å². The molecule has 2 bridgehead atoms. The fraction of sp³-hybridized carbons (Fsp3) is 1.00. The van der Waals surface area contributed by atoms with Gasteiger partial charge >= 0.3 is 0 Å². The lowest BCUT2D eigenvalue weighted by molar-refractivity contribution is -0.0306. The first-order valence-corrected chi connectivity index (χ1v) is 4.45. The van der Waals surface area contributed by atoms with E-state index in [1.165, 1.54) is 19.3 Å². The van der Waals surface area contributed by atoms with Gasteiger partial charge in [0.1, 0.15) is 0 Å². The van der Waals surface area contributed by atoms with Gasteiger partial charge in [-0.3, -0.25) is 0 Å². The zero-order valence-electron chi connectivity index (χ0n) is 6.59. The minimum Gasteiger partial charge on any atom is -0.393 e. The number of hydrogen-bond acceptors (Lipinski definition) is 1. The van der Waals surface area contributed by atoms with Crippen molar-refractivity contribution in [2.24, 2.45) is 17.8 Å².